The molecule has 150 valence electrons. The molecule has 0 atom stereocenters. The third-order valence-electron chi connectivity index (χ3n) is 3.77. The normalized spacial score (nSPS) is 11.2. The predicted octanol–water partition coefficient (Wildman–Crippen LogP) is 3.86. The van der Waals surface area contributed by atoms with Gasteiger partial charge in [0.05, 0.1) is 18.3 Å². The highest BCUT2D eigenvalue weighted by Crippen LogP contribution is 2.36. The van der Waals surface area contributed by atoms with Crippen LogP contribution in [0.1, 0.15) is 38.1 Å². The molecule has 2 aromatic rings. The standard InChI is InChI=1S/C20H21ClFNO5/c1-11(24)12-6-7-14(21)19(22)18(12)13-8-16(25)23(9-15(13)27-5)10-17(26)28-20(2,3)4/h6-9H,10H2,1-5H3. The number of nitrogens with zero attached hydrogens (tertiary/aromatic N) is 1. The Balaban J connectivity index is 2.60. The van der Waals surface area contributed by atoms with E-state index >= 15 is 0 Å². The fourth-order valence-electron chi connectivity index (χ4n) is 2.65. The van der Waals surface area contributed by atoms with Crippen molar-refractivity contribution in [2.24, 2.45) is 0 Å². The van der Waals surface area contributed by atoms with E-state index in [0.717, 1.165) is 10.6 Å². The number of carbonyl (C=O) groups is 2. The second kappa shape index (κ2) is 8.14. The van der Waals surface area contributed by atoms with Crippen molar-refractivity contribution < 1.29 is 23.5 Å². The van der Waals surface area contributed by atoms with Gasteiger partial charge in [0.15, 0.2) is 5.78 Å². The molecule has 0 aliphatic rings. The third kappa shape index (κ3) is 4.78. The maximum Gasteiger partial charge on any atom is 0.326 e. The molecule has 0 N–H and O–H groups in total. The molecule has 1 aromatic carbocycles. The van der Waals surface area contributed by atoms with E-state index in [2.05, 4.69) is 0 Å². The minimum Gasteiger partial charge on any atom is -0.495 e. The van der Waals surface area contributed by atoms with Crippen LogP contribution in [-0.4, -0.2) is 29.0 Å². The van der Waals surface area contributed by atoms with E-state index in [9.17, 15) is 18.8 Å². The Kier molecular flexibility index (Phi) is 6.29. The van der Waals surface area contributed by atoms with Gasteiger partial charge in [-0.2, -0.15) is 0 Å². The minimum absolute atomic E-state index is 0.0597. The van der Waals surface area contributed by atoms with Gasteiger partial charge in [0.25, 0.3) is 5.56 Å². The molecular formula is C20H21ClFNO5. The van der Waals surface area contributed by atoms with Crippen LogP contribution in [0.15, 0.2) is 29.2 Å². The summed E-state index contributed by atoms with van der Waals surface area (Å²) in [6.45, 7) is 6.07. The second-order valence-electron chi connectivity index (χ2n) is 7.15. The number of carbonyl (C=O) groups excluding carboxylic acids is 2. The monoisotopic (exact) mass is 409 g/mol. The Morgan fingerprint density at radius 3 is 2.43 bits per heavy atom. The molecule has 0 saturated heterocycles. The zero-order chi connectivity index (χ0) is 21.2. The lowest BCUT2D eigenvalue weighted by molar-refractivity contribution is -0.155. The summed E-state index contributed by atoms with van der Waals surface area (Å²) in [5.74, 6) is -1.74. The van der Waals surface area contributed by atoms with Gasteiger partial charge in [-0.3, -0.25) is 14.4 Å². The molecule has 1 heterocycles. The number of rotatable bonds is 5. The lowest BCUT2D eigenvalue weighted by Gasteiger charge is -2.20. The van der Waals surface area contributed by atoms with Crippen LogP contribution >= 0.6 is 11.6 Å². The Bertz CT molecular complexity index is 991. The highest BCUT2D eigenvalue weighted by molar-refractivity contribution is 6.31. The number of benzene rings is 1. The second-order valence-corrected chi connectivity index (χ2v) is 7.56. The first-order valence-corrected chi connectivity index (χ1v) is 8.82. The van der Waals surface area contributed by atoms with Gasteiger partial charge in [0.1, 0.15) is 23.7 Å². The molecule has 1 aromatic heterocycles. The van der Waals surface area contributed by atoms with Gasteiger partial charge in [0, 0.05) is 22.8 Å². The van der Waals surface area contributed by atoms with Gasteiger partial charge in [0.2, 0.25) is 0 Å². The molecule has 8 heteroatoms. The lowest BCUT2D eigenvalue weighted by Crippen LogP contribution is -2.30. The van der Waals surface area contributed by atoms with Crippen LogP contribution in [0, 0.1) is 5.82 Å². The van der Waals surface area contributed by atoms with E-state index in [4.69, 9.17) is 21.1 Å². The van der Waals surface area contributed by atoms with Crippen LogP contribution in [0.3, 0.4) is 0 Å². The van der Waals surface area contributed by atoms with Crippen molar-refractivity contribution in [2.75, 3.05) is 7.11 Å². The highest BCUT2D eigenvalue weighted by Gasteiger charge is 2.23. The van der Waals surface area contributed by atoms with Crippen molar-refractivity contribution in [1.29, 1.82) is 0 Å². The summed E-state index contributed by atoms with van der Waals surface area (Å²) in [7, 11) is 1.33. The number of esters is 1. The third-order valence-corrected chi connectivity index (χ3v) is 4.06. The number of ether oxygens (including phenoxy) is 2. The fraction of sp³-hybridized carbons (Fsp3) is 0.350. The van der Waals surface area contributed by atoms with Gasteiger partial charge in [-0.15, -0.1) is 0 Å². The Hall–Kier alpha value is -2.67. The van der Waals surface area contributed by atoms with Gasteiger partial charge >= 0.3 is 5.97 Å². The van der Waals surface area contributed by atoms with E-state index in [-0.39, 0.29) is 34.0 Å². The average Bonchev–Trinajstić information content (AvgIpc) is 2.56. The van der Waals surface area contributed by atoms with Gasteiger partial charge in [-0.1, -0.05) is 11.6 Å². The van der Waals surface area contributed by atoms with E-state index in [0.29, 0.717) is 0 Å². The number of pyridine rings is 1. The number of hydrogen-bond donors (Lipinski definition) is 0. The van der Waals surface area contributed by atoms with Crippen LogP contribution in [-0.2, 0) is 16.1 Å². The van der Waals surface area contributed by atoms with Crippen LogP contribution < -0.4 is 10.3 Å². The largest absolute Gasteiger partial charge is 0.495 e. The quantitative estimate of drug-likeness (QED) is 0.553. The fourth-order valence-corrected chi connectivity index (χ4v) is 2.81. The highest BCUT2D eigenvalue weighted by atomic mass is 35.5. The molecule has 0 bridgehead atoms. The number of hydrogen-bond acceptors (Lipinski definition) is 5. The predicted molar refractivity (Wildman–Crippen MR) is 104 cm³/mol. The molecule has 0 radical (unpaired) electrons. The van der Waals surface area contributed by atoms with Crippen LogP contribution in [0.4, 0.5) is 4.39 Å². The van der Waals surface area contributed by atoms with Crippen molar-refractivity contribution in [2.45, 2.75) is 39.8 Å². The molecule has 0 amide bonds. The molecule has 0 fully saturated rings. The number of Topliss-reactive ketones (excluding diaryl/α,β-unsaturated/α-hetero) is 1. The van der Waals surface area contributed by atoms with Crippen molar-refractivity contribution >= 4 is 23.4 Å². The van der Waals surface area contributed by atoms with Crippen LogP contribution in [0.5, 0.6) is 5.75 Å². The lowest BCUT2D eigenvalue weighted by atomic mass is 9.96. The summed E-state index contributed by atoms with van der Waals surface area (Å²) in [6.07, 6.45) is 1.27. The van der Waals surface area contributed by atoms with E-state index in [1.54, 1.807) is 20.8 Å². The SMILES string of the molecule is COc1cn(CC(=O)OC(C)(C)C)c(=O)cc1-c1c(C(C)=O)ccc(Cl)c1F. The first-order valence-electron chi connectivity index (χ1n) is 8.44. The van der Waals surface area contributed by atoms with Crippen molar-refractivity contribution in [3.63, 3.8) is 0 Å². The molecular weight excluding hydrogens is 389 g/mol. The summed E-state index contributed by atoms with van der Waals surface area (Å²) >= 11 is 5.87. The summed E-state index contributed by atoms with van der Waals surface area (Å²) < 4.78 is 26.3. The zero-order valence-corrected chi connectivity index (χ0v) is 17.0. The molecule has 0 aliphatic carbocycles. The summed E-state index contributed by atoms with van der Waals surface area (Å²) in [5, 5.41) is -0.194. The van der Waals surface area contributed by atoms with Gasteiger partial charge in [-0.25, -0.2) is 4.39 Å². The van der Waals surface area contributed by atoms with Crippen LogP contribution in [0.25, 0.3) is 11.1 Å². The van der Waals surface area contributed by atoms with Gasteiger partial charge < -0.3 is 14.0 Å². The average molecular weight is 410 g/mol. The number of ketones is 1. The summed E-state index contributed by atoms with van der Waals surface area (Å²) in [4.78, 5) is 36.5. The number of methoxy groups -OCH3 is 1. The first kappa shape index (κ1) is 21.6. The summed E-state index contributed by atoms with van der Waals surface area (Å²) in [6, 6.07) is 3.76. The molecule has 0 saturated carbocycles. The summed E-state index contributed by atoms with van der Waals surface area (Å²) in [5.41, 5.74) is -1.29. The minimum atomic E-state index is -0.836. The molecule has 2 rings (SSSR count). The zero-order valence-electron chi connectivity index (χ0n) is 16.3. The van der Waals surface area contributed by atoms with Gasteiger partial charge in [-0.05, 0) is 39.8 Å². The van der Waals surface area contributed by atoms with Crippen molar-refractivity contribution in [1.82, 2.24) is 4.57 Å². The van der Waals surface area contributed by atoms with E-state index in [1.165, 1.54) is 32.4 Å². The van der Waals surface area contributed by atoms with Crippen molar-refractivity contribution in [3.05, 3.63) is 51.2 Å². The Morgan fingerprint density at radius 2 is 1.89 bits per heavy atom. The molecule has 28 heavy (non-hydrogen) atoms. The molecule has 0 spiro atoms. The van der Waals surface area contributed by atoms with E-state index in [1.807, 2.05) is 0 Å². The van der Waals surface area contributed by atoms with Crippen molar-refractivity contribution in [3.8, 4) is 16.9 Å². The smallest absolute Gasteiger partial charge is 0.326 e. The molecule has 0 unspecified atom stereocenters. The molecule has 0 aliphatic heterocycles. The Morgan fingerprint density at radius 1 is 1.25 bits per heavy atom. The number of halogens is 2. The maximum atomic E-state index is 14.7. The van der Waals surface area contributed by atoms with Crippen LogP contribution in [0.2, 0.25) is 5.02 Å². The molecule has 6 nitrogen and oxygen atoms in total. The number of aromatic nitrogens is 1. The van der Waals surface area contributed by atoms with E-state index < -0.39 is 28.7 Å². The topological polar surface area (TPSA) is 74.6 Å². The maximum absolute atomic E-state index is 14.7. The Labute approximate surface area is 166 Å². The first-order chi connectivity index (χ1) is 12.9.